The maximum absolute atomic E-state index is 9.13. The van der Waals surface area contributed by atoms with E-state index in [4.69, 9.17) is 24.7 Å². The molecule has 3 rings (SSSR count). The third kappa shape index (κ3) is 3.33. The highest BCUT2D eigenvalue weighted by Crippen LogP contribution is 2.34. The van der Waals surface area contributed by atoms with Gasteiger partial charge in [-0.3, -0.25) is 0 Å². The van der Waals surface area contributed by atoms with Crippen molar-refractivity contribution in [3.05, 3.63) is 51.6 Å². The van der Waals surface area contributed by atoms with Crippen LogP contribution in [0.1, 0.15) is 23.1 Å². The van der Waals surface area contributed by atoms with Gasteiger partial charge in [0.1, 0.15) is 29.1 Å². The van der Waals surface area contributed by atoms with E-state index in [1.165, 1.54) is 12.1 Å². The van der Waals surface area contributed by atoms with Crippen molar-refractivity contribution in [1.29, 1.82) is 10.5 Å². The van der Waals surface area contributed by atoms with Crippen molar-refractivity contribution in [2.24, 2.45) is 0 Å². The summed E-state index contributed by atoms with van der Waals surface area (Å²) in [5.74, 6) is 0.564. The minimum Gasteiger partial charge on any atom is -0.438 e. The van der Waals surface area contributed by atoms with Crippen LogP contribution in [0.4, 0.5) is 0 Å². The number of benzene rings is 1. The second-order valence-corrected chi connectivity index (χ2v) is 5.49. The lowest BCUT2D eigenvalue weighted by molar-refractivity contribution is -0.0447. The minimum atomic E-state index is -0.457. The van der Waals surface area contributed by atoms with Crippen molar-refractivity contribution >= 4 is 15.9 Å². The highest BCUT2D eigenvalue weighted by molar-refractivity contribution is 9.10. The van der Waals surface area contributed by atoms with Crippen LogP contribution in [-0.4, -0.2) is 18.2 Å². The summed E-state index contributed by atoms with van der Waals surface area (Å²) in [5.41, 5.74) is 1.22. The highest BCUT2D eigenvalue weighted by atomic mass is 79.9. The maximum Gasteiger partial charge on any atom is 0.238 e. The summed E-state index contributed by atoms with van der Waals surface area (Å²) in [4.78, 5) is 4.03. The average Bonchev–Trinajstić information content (AvgIpc) is 3.11. The van der Waals surface area contributed by atoms with E-state index in [1.54, 1.807) is 18.2 Å². The van der Waals surface area contributed by atoms with Gasteiger partial charge in [-0.1, -0.05) is 15.9 Å². The van der Waals surface area contributed by atoms with E-state index in [2.05, 4.69) is 20.9 Å². The molecule has 1 aromatic heterocycles. The zero-order valence-electron chi connectivity index (χ0n) is 11.8. The molecule has 0 radical (unpaired) electrons. The third-order valence-corrected chi connectivity index (χ3v) is 3.88. The molecule has 0 saturated carbocycles. The lowest BCUT2D eigenvalue weighted by atomic mass is 10.2. The largest absolute Gasteiger partial charge is 0.438 e. The Kier molecular flexibility index (Phi) is 4.54. The van der Waals surface area contributed by atoms with Crippen LogP contribution in [-0.2, 0) is 9.47 Å². The lowest BCUT2D eigenvalue weighted by Gasteiger charge is -2.13. The standard InChI is InChI=1S/C16H10BrN3O3/c17-14-4-3-12(7-13(14)16-21-5-6-22-16)23-15-10(8-18)1-2-11(9-19)20-15/h1-4,7,16H,5-6H2. The number of hydrogen-bond acceptors (Lipinski definition) is 6. The molecule has 1 aliphatic heterocycles. The molecule has 0 N–H and O–H groups in total. The van der Waals surface area contributed by atoms with E-state index >= 15 is 0 Å². The molecule has 2 heterocycles. The van der Waals surface area contributed by atoms with Gasteiger partial charge in [0.25, 0.3) is 0 Å². The number of hydrogen-bond donors (Lipinski definition) is 0. The zero-order chi connectivity index (χ0) is 16.2. The van der Waals surface area contributed by atoms with Gasteiger partial charge in [0.05, 0.1) is 13.2 Å². The van der Waals surface area contributed by atoms with Crippen molar-refractivity contribution in [1.82, 2.24) is 4.98 Å². The van der Waals surface area contributed by atoms with Crippen LogP contribution >= 0.6 is 15.9 Å². The van der Waals surface area contributed by atoms with Crippen LogP contribution in [0.15, 0.2) is 34.8 Å². The van der Waals surface area contributed by atoms with E-state index in [0.717, 1.165) is 10.0 Å². The molecule has 1 fully saturated rings. The fraction of sp³-hybridized carbons (Fsp3) is 0.188. The molecule has 0 bridgehead atoms. The molecule has 1 aromatic carbocycles. The minimum absolute atomic E-state index is 0.0908. The number of ether oxygens (including phenoxy) is 3. The fourth-order valence-corrected chi connectivity index (χ4v) is 2.51. The van der Waals surface area contributed by atoms with Gasteiger partial charge in [-0.05, 0) is 30.3 Å². The summed E-state index contributed by atoms with van der Waals surface area (Å²) in [7, 11) is 0. The van der Waals surface area contributed by atoms with Crippen molar-refractivity contribution in [2.75, 3.05) is 13.2 Å². The van der Waals surface area contributed by atoms with Gasteiger partial charge >= 0.3 is 0 Å². The fourth-order valence-electron chi connectivity index (χ4n) is 2.08. The normalized spacial score (nSPS) is 14.2. The Morgan fingerprint density at radius 3 is 2.61 bits per heavy atom. The number of rotatable bonds is 3. The molecular weight excluding hydrogens is 362 g/mol. The molecule has 0 spiro atoms. The van der Waals surface area contributed by atoms with E-state index in [9.17, 15) is 0 Å². The summed E-state index contributed by atoms with van der Waals surface area (Å²) in [5, 5.41) is 18.1. The first-order chi connectivity index (χ1) is 11.2. The smallest absolute Gasteiger partial charge is 0.238 e. The van der Waals surface area contributed by atoms with Crippen molar-refractivity contribution in [2.45, 2.75) is 6.29 Å². The number of halogens is 1. The average molecular weight is 372 g/mol. The molecular formula is C16H10BrN3O3. The summed E-state index contributed by atoms with van der Waals surface area (Å²) in [6.07, 6.45) is -0.457. The van der Waals surface area contributed by atoms with Gasteiger partial charge in [-0.15, -0.1) is 0 Å². The molecule has 0 atom stereocenters. The summed E-state index contributed by atoms with van der Waals surface area (Å²) < 4.78 is 17.5. The Morgan fingerprint density at radius 2 is 1.91 bits per heavy atom. The van der Waals surface area contributed by atoms with Gasteiger partial charge in [0.2, 0.25) is 5.88 Å². The highest BCUT2D eigenvalue weighted by Gasteiger charge is 2.21. The van der Waals surface area contributed by atoms with Gasteiger partial charge in [0.15, 0.2) is 6.29 Å². The number of nitrogens with zero attached hydrogens (tertiary/aromatic N) is 3. The molecule has 1 saturated heterocycles. The van der Waals surface area contributed by atoms with Crippen molar-refractivity contribution in [3.8, 4) is 23.8 Å². The Labute approximate surface area is 141 Å². The van der Waals surface area contributed by atoms with E-state index in [-0.39, 0.29) is 17.1 Å². The van der Waals surface area contributed by atoms with Crippen molar-refractivity contribution < 1.29 is 14.2 Å². The quantitative estimate of drug-likeness (QED) is 0.820. The molecule has 2 aromatic rings. The summed E-state index contributed by atoms with van der Waals surface area (Å²) >= 11 is 3.45. The van der Waals surface area contributed by atoms with Gasteiger partial charge < -0.3 is 14.2 Å². The summed E-state index contributed by atoms with van der Waals surface area (Å²) in [6.45, 7) is 1.07. The monoisotopic (exact) mass is 371 g/mol. The van der Waals surface area contributed by atoms with Crippen LogP contribution in [0.2, 0.25) is 0 Å². The van der Waals surface area contributed by atoms with Crippen LogP contribution in [0, 0.1) is 22.7 Å². The second-order valence-electron chi connectivity index (χ2n) is 4.63. The van der Waals surface area contributed by atoms with E-state index < -0.39 is 6.29 Å². The predicted molar refractivity (Wildman–Crippen MR) is 82.5 cm³/mol. The van der Waals surface area contributed by atoms with Gasteiger partial charge in [-0.25, -0.2) is 4.98 Å². The first kappa shape index (κ1) is 15.4. The van der Waals surface area contributed by atoms with Crippen LogP contribution in [0.25, 0.3) is 0 Å². The predicted octanol–water partition coefficient (Wildman–Crippen LogP) is 3.43. The van der Waals surface area contributed by atoms with Crippen molar-refractivity contribution in [3.63, 3.8) is 0 Å². The first-order valence-corrected chi connectivity index (χ1v) is 7.52. The molecule has 0 unspecified atom stereocenters. The third-order valence-electron chi connectivity index (χ3n) is 3.15. The Hall–Kier alpha value is -2.45. The topological polar surface area (TPSA) is 88.2 Å². The SMILES string of the molecule is N#Cc1ccc(C#N)c(Oc2ccc(Br)c(C3OCCO3)c2)n1. The molecule has 1 aliphatic rings. The molecule has 6 nitrogen and oxygen atoms in total. The number of pyridine rings is 1. The first-order valence-electron chi connectivity index (χ1n) is 6.73. The maximum atomic E-state index is 9.13. The van der Waals surface area contributed by atoms with E-state index in [0.29, 0.717) is 19.0 Å². The number of aromatic nitrogens is 1. The molecule has 114 valence electrons. The Balaban J connectivity index is 1.93. The lowest BCUT2D eigenvalue weighted by Crippen LogP contribution is -2.00. The van der Waals surface area contributed by atoms with Crippen LogP contribution < -0.4 is 4.74 Å². The van der Waals surface area contributed by atoms with Crippen LogP contribution in [0.5, 0.6) is 11.6 Å². The van der Waals surface area contributed by atoms with E-state index in [1.807, 2.05) is 12.1 Å². The van der Waals surface area contributed by atoms with Gasteiger partial charge in [0, 0.05) is 10.0 Å². The number of nitriles is 2. The Morgan fingerprint density at radius 1 is 1.13 bits per heavy atom. The van der Waals surface area contributed by atoms with Gasteiger partial charge in [-0.2, -0.15) is 10.5 Å². The second kappa shape index (κ2) is 6.76. The molecule has 23 heavy (non-hydrogen) atoms. The zero-order valence-corrected chi connectivity index (χ0v) is 13.4. The molecule has 0 amide bonds. The summed E-state index contributed by atoms with van der Waals surface area (Å²) in [6, 6.07) is 12.2. The molecule has 0 aliphatic carbocycles. The van der Waals surface area contributed by atoms with Crippen LogP contribution in [0.3, 0.4) is 0 Å². The molecule has 7 heteroatoms. The Bertz CT molecular complexity index is 820.